The van der Waals surface area contributed by atoms with Crippen LogP contribution in [0.2, 0.25) is 0 Å². The monoisotopic (exact) mass is 216 g/mol. The third-order valence-electron chi connectivity index (χ3n) is 0. The Balaban J connectivity index is 0. The van der Waals surface area contributed by atoms with Gasteiger partial charge in [0.05, 0.1) is 0 Å². The average Bonchev–Trinajstić information content (AvgIpc) is 0. The summed E-state index contributed by atoms with van der Waals surface area (Å²) in [5.41, 5.74) is 0. The van der Waals surface area contributed by atoms with E-state index in [1.54, 1.807) is 0 Å². The second-order valence-corrected chi connectivity index (χ2v) is 0. The number of halogens is 4. The van der Waals surface area contributed by atoms with E-state index >= 15 is 0 Å². The Morgan fingerprint density at radius 1 is 0.250 bits per heavy atom. The predicted octanol–water partition coefficient (Wildman–Crippen LogP) is -1.61. The van der Waals surface area contributed by atoms with Crippen LogP contribution in [0.3, 0.4) is 0 Å². The molecule has 0 rings (SSSR count). The third-order valence-corrected chi connectivity index (χ3v) is 0. The summed E-state index contributed by atoms with van der Waals surface area (Å²) in [5.74, 6) is 0. The Morgan fingerprint density at radius 2 is 0.250 bits per heavy atom. The van der Waals surface area contributed by atoms with E-state index in [0.29, 0.717) is 0 Å². The summed E-state index contributed by atoms with van der Waals surface area (Å²) >= 11 is 0. The van der Waals surface area contributed by atoms with Crippen LogP contribution in [0.1, 0.15) is 0 Å². The summed E-state index contributed by atoms with van der Waals surface area (Å²) in [6.07, 6.45) is 0. The molecule has 64 valence electrons. The lowest BCUT2D eigenvalue weighted by atomic mass is 16.0. The van der Waals surface area contributed by atoms with Gasteiger partial charge in [0, 0.05) is 0 Å². The molecule has 0 aromatic carbocycles. The first kappa shape index (κ1) is 576. The fraction of sp³-hybridized carbons (Fsp3) is 0. The highest BCUT2D eigenvalue weighted by atomic mass is 35.5. The summed E-state index contributed by atoms with van der Waals surface area (Å²) in [5, 5.41) is 0. The lowest BCUT2D eigenvalue weighted by Gasteiger charge is -0.413. The zero-order valence-corrected chi connectivity index (χ0v) is 6.90. The van der Waals surface area contributed by atoms with Crippen LogP contribution in [-0.4, -0.2) is 21.9 Å². The van der Waals surface area contributed by atoms with E-state index < -0.39 is 0 Å². The Hall–Kier alpha value is 1.000. The molecule has 0 aromatic heterocycles. The lowest BCUT2D eigenvalue weighted by molar-refractivity contribution is 0.823. The molecule has 0 aliphatic rings. The Kier molecular flexibility index (Phi) is 28200. The molecule has 0 radical (unpaired) electrons. The smallest absolute Gasteiger partial charge is 0.147 e. The molecule has 0 heterocycles. The second-order valence-electron chi connectivity index (χ2n) is 0. The molecule has 0 bridgehead atoms. The summed E-state index contributed by atoms with van der Waals surface area (Å²) in [6.45, 7) is 0. The largest absolute Gasteiger partial charge is 0.412 e. The van der Waals surface area contributed by atoms with E-state index in [1.807, 2.05) is 0 Å². The van der Waals surface area contributed by atoms with E-state index in [9.17, 15) is 0 Å². The molecule has 8 heavy (non-hydrogen) atoms. The van der Waals surface area contributed by atoms with Crippen molar-refractivity contribution in [2.45, 2.75) is 0 Å². The fourth-order valence-electron chi connectivity index (χ4n) is 0. The predicted molar refractivity (Wildman–Crippen MR) is 43.4 cm³/mol. The summed E-state index contributed by atoms with van der Waals surface area (Å²) < 4.78 is 0. The van der Waals surface area contributed by atoms with Gasteiger partial charge in [0.1, 0.15) is 0 Å². The molecule has 0 amide bonds. The molecule has 0 aromatic rings. The number of hydrogen-bond donors (Lipinski definition) is 0. The molecule has 0 saturated heterocycles. The standard InChI is InChI=1S/4ClH.4H2O/h4*1H;4*1H2. The maximum Gasteiger partial charge on any atom is -0.147 e. The van der Waals surface area contributed by atoms with Crippen molar-refractivity contribution in [3.8, 4) is 0 Å². The van der Waals surface area contributed by atoms with Crippen LogP contribution in [0.5, 0.6) is 0 Å². The maximum atomic E-state index is 0. The van der Waals surface area contributed by atoms with Gasteiger partial charge in [0.2, 0.25) is 0 Å². The zero-order valence-electron chi connectivity index (χ0n) is 3.63. The molecular weight excluding hydrogens is 206 g/mol. The molecule has 8 N–H and O–H groups in total. The van der Waals surface area contributed by atoms with Crippen molar-refractivity contribution in [2.75, 3.05) is 0 Å². The van der Waals surface area contributed by atoms with Gasteiger partial charge < -0.3 is 21.9 Å². The van der Waals surface area contributed by atoms with Gasteiger partial charge in [0.15, 0.2) is 0 Å². The molecule has 0 aliphatic carbocycles. The van der Waals surface area contributed by atoms with Gasteiger partial charge in [0.25, 0.3) is 0 Å². The Bertz CT molecular complexity index is 8.00. The first-order chi connectivity index (χ1) is 0. The molecule has 8 heteroatoms. The van der Waals surface area contributed by atoms with Gasteiger partial charge in [-0.15, -0.1) is 49.6 Å². The SMILES string of the molecule is Cl.Cl.Cl.Cl.O.O.O.O. The number of hydrogen-bond acceptors (Lipinski definition) is 0. The van der Waals surface area contributed by atoms with Crippen LogP contribution in [0.25, 0.3) is 0 Å². The molecule has 4 nitrogen and oxygen atoms in total. The van der Waals surface area contributed by atoms with Crippen LogP contribution in [0.15, 0.2) is 0 Å². The molecule has 0 fully saturated rings. The van der Waals surface area contributed by atoms with Gasteiger partial charge in [-0.2, -0.15) is 0 Å². The van der Waals surface area contributed by atoms with Crippen LogP contribution in [-0.2, 0) is 0 Å². The van der Waals surface area contributed by atoms with Crippen LogP contribution in [0, 0.1) is 0 Å². The van der Waals surface area contributed by atoms with Gasteiger partial charge in [-0.05, 0) is 0 Å². The third kappa shape index (κ3) is 252. The van der Waals surface area contributed by atoms with Gasteiger partial charge in [-0.3, -0.25) is 0 Å². The van der Waals surface area contributed by atoms with E-state index in [1.165, 1.54) is 0 Å². The van der Waals surface area contributed by atoms with Crippen molar-refractivity contribution in [1.82, 2.24) is 0 Å². The topological polar surface area (TPSA) is 126 Å². The normalized spacial score (nSPS) is 0. The lowest BCUT2D eigenvalue weighted by Crippen LogP contribution is -0.290. The molecule has 0 unspecified atom stereocenters. The van der Waals surface area contributed by atoms with Crippen molar-refractivity contribution >= 4 is 49.6 Å². The van der Waals surface area contributed by atoms with Gasteiger partial charge in [-0.1, -0.05) is 0 Å². The van der Waals surface area contributed by atoms with Crippen LogP contribution >= 0.6 is 49.6 Å². The van der Waals surface area contributed by atoms with E-state index in [0.717, 1.165) is 0 Å². The van der Waals surface area contributed by atoms with Gasteiger partial charge >= 0.3 is 0 Å². The minimum atomic E-state index is 0. The minimum Gasteiger partial charge on any atom is -0.412 e. The van der Waals surface area contributed by atoms with Crippen LogP contribution in [0.4, 0.5) is 0 Å². The Morgan fingerprint density at radius 3 is 0.250 bits per heavy atom. The zero-order chi connectivity index (χ0) is 0. The van der Waals surface area contributed by atoms with Gasteiger partial charge in [-0.25, -0.2) is 0 Å². The fourth-order valence-corrected chi connectivity index (χ4v) is 0. The molecule has 0 aliphatic heterocycles. The quantitative estimate of drug-likeness (QED) is 0.463. The molecule has 0 saturated carbocycles. The van der Waals surface area contributed by atoms with Crippen molar-refractivity contribution in [1.29, 1.82) is 0 Å². The second kappa shape index (κ2) is 392. The Labute approximate surface area is 71.9 Å². The first-order valence-electron chi connectivity index (χ1n) is 0. The minimum absolute atomic E-state index is 0. The highest BCUT2D eigenvalue weighted by Gasteiger charge is -0.144. The van der Waals surface area contributed by atoms with Crippen molar-refractivity contribution in [3.05, 3.63) is 0 Å². The van der Waals surface area contributed by atoms with E-state index in [2.05, 4.69) is 0 Å². The average molecular weight is 218 g/mol. The van der Waals surface area contributed by atoms with Crippen molar-refractivity contribution in [3.63, 3.8) is 0 Å². The highest BCUT2D eigenvalue weighted by Crippen LogP contribution is 0.693. The van der Waals surface area contributed by atoms with Crippen molar-refractivity contribution in [2.24, 2.45) is 0 Å². The maximum absolute atomic E-state index is 0. The first-order valence-corrected chi connectivity index (χ1v) is 0. The van der Waals surface area contributed by atoms with Crippen LogP contribution < -0.4 is 0 Å². The van der Waals surface area contributed by atoms with Crippen molar-refractivity contribution < 1.29 is 21.9 Å². The molecular formula is H12Cl4O4. The highest BCUT2D eigenvalue weighted by molar-refractivity contribution is 5.86. The van der Waals surface area contributed by atoms with E-state index in [4.69, 9.17) is 0 Å². The van der Waals surface area contributed by atoms with E-state index in [-0.39, 0.29) is 71.5 Å². The molecule has 0 atom stereocenters. The number of rotatable bonds is 0. The summed E-state index contributed by atoms with van der Waals surface area (Å²) in [6, 6.07) is 0. The molecule has 0 spiro atoms. The summed E-state index contributed by atoms with van der Waals surface area (Å²) in [4.78, 5) is 0. The summed E-state index contributed by atoms with van der Waals surface area (Å²) in [7, 11) is 0.